The highest BCUT2D eigenvalue weighted by Gasteiger charge is 2.25. The predicted molar refractivity (Wildman–Crippen MR) is 117 cm³/mol. The molecule has 180 valence electrons. The number of alkyl carbamates (subject to hydrolysis) is 1. The second-order valence-electron chi connectivity index (χ2n) is 7.59. The molecule has 2 amide bonds. The van der Waals surface area contributed by atoms with Gasteiger partial charge >= 0.3 is 12.1 Å². The molecule has 32 heavy (non-hydrogen) atoms. The summed E-state index contributed by atoms with van der Waals surface area (Å²) < 4.78 is 4.89. The lowest BCUT2D eigenvalue weighted by Crippen LogP contribution is -2.53. The summed E-state index contributed by atoms with van der Waals surface area (Å²) in [6.45, 7) is 3.53. The number of carboxylic acids is 1. The Balaban J connectivity index is 1.58. The van der Waals surface area contributed by atoms with E-state index in [0.29, 0.717) is 12.8 Å². The molecule has 2 aliphatic rings. The maximum absolute atomic E-state index is 12.2. The molecule has 2 aliphatic heterocycles. The van der Waals surface area contributed by atoms with Crippen LogP contribution in [0, 0.1) is 0 Å². The van der Waals surface area contributed by atoms with Crippen molar-refractivity contribution in [3.05, 3.63) is 12.3 Å². The summed E-state index contributed by atoms with van der Waals surface area (Å²) in [7, 11) is 0. The van der Waals surface area contributed by atoms with Crippen LogP contribution in [0.1, 0.15) is 45.4 Å². The van der Waals surface area contributed by atoms with Crippen molar-refractivity contribution < 1.29 is 29.1 Å². The van der Waals surface area contributed by atoms with Crippen molar-refractivity contribution in [2.45, 2.75) is 63.9 Å². The zero-order chi connectivity index (χ0) is 23.2. The zero-order valence-electron chi connectivity index (χ0n) is 18.4. The van der Waals surface area contributed by atoms with E-state index in [0.717, 1.165) is 38.1 Å². The molecule has 0 saturated heterocycles. The molecule has 3 unspecified atom stereocenters. The van der Waals surface area contributed by atoms with Gasteiger partial charge in [-0.25, -0.2) is 9.59 Å². The van der Waals surface area contributed by atoms with E-state index in [4.69, 9.17) is 9.57 Å². The Morgan fingerprint density at radius 2 is 2.22 bits per heavy atom. The molecular formula is C20H34N6O6. The van der Waals surface area contributed by atoms with Crippen molar-refractivity contribution in [2.24, 2.45) is 5.16 Å². The number of amides is 2. The highest BCUT2D eigenvalue weighted by Crippen LogP contribution is 2.16. The summed E-state index contributed by atoms with van der Waals surface area (Å²) in [4.78, 5) is 40.4. The summed E-state index contributed by atoms with van der Waals surface area (Å²) in [6.07, 6.45) is 6.57. The number of hydrogen-bond donors (Lipinski definition) is 6. The molecule has 0 aliphatic carbocycles. The minimum atomic E-state index is -1.28. The largest absolute Gasteiger partial charge is 0.480 e. The minimum Gasteiger partial charge on any atom is -0.480 e. The van der Waals surface area contributed by atoms with Gasteiger partial charge < -0.3 is 30.6 Å². The zero-order valence-corrected chi connectivity index (χ0v) is 18.4. The normalized spacial score (nSPS) is 20.5. The summed E-state index contributed by atoms with van der Waals surface area (Å²) in [6, 6.07) is -1.28. The van der Waals surface area contributed by atoms with Gasteiger partial charge in [-0.2, -0.15) is 0 Å². The molecule has 6 N–H and O–H groups in total. The maximum atomic E-state index is 12.2. The van der Waals surface area contributed by atoms with Gasteiger partial charge in [0.05, 0.1) is 18.7 Å². The number of carbonyl (C=O) groups is 3. The first kappa shape index (κ1) is 25.4. The number of hydrogen-bond acceptors (Lipinski definition) is 9. The van der Waals surface area contributed by atoms with Crippen LogP contribution >= 0.6 is 0 Å². The van der Waals surface area contributed by atoms with Gasteiger partial charge in [0, 0.05) is 19.5 Å². The monoisotopic (exact) mass is 454 g/mol. The second-order valence-corrected chi connectivity index (χ2v) is 7.59. The predicted octanol–water partition coefficient (Wildman–Crippen LogP) is -0.0230. The SMILES string of the molecule is CCCCOC(=O)NC(CNC(=O)CC1CC(CCCNC2NC=CCN2)=NO1)C(=O)O. The van der Waals surface area contributed by atoms with Gasteiger partial charge in [-0.15, -0.1) is 0 Å². The molecule has 0 fully saturated rings. The van der Waals surface area contributed by atoms with Gasteiger partial charge in [0.15, 0.2) is 0 Å². The summed E-state index contributed by atoms with van der Waals surface area (Å²) in [5.41, 5.74) is 0.897. The topological polar surface area (TPSA) is 162 Å². The fourth-order valence-electron chi connectivity index (χ4n) is 3.07. The third-order valence-corrected chi connectivity index (χ3v) is 4.84. The van der Waals surface area contributed by atoms with Crippen LogP contribution in [-0.4, -0.2) is 73.5 Å². The van der Waals surface area contributed by atoms with Crippen molar-refractivity contribution in [1.29, 1.82) is 0 Å². The highest BCUT2D eigenvalue weighted by atomic mass is 16.6. The smallest absolute Gasteiger partial charge is 0.407 e. The average molecular weight is 455 g/mol. The highest BCUT2D eigenvalue weighted by molar-refractivity contribution is 5.87. The fraction of sp³-hybridized carbons (Fsp3) is 0.700. The van der Waals surface area contributed by atoms with Crippen LogP contribution in [-0.2, 0) is 19.2 Å². The van der Waals surface area contributed by atoms with E-state index in [1.807, 2.05) is 19.2 Å². The van der Waals surface area contributed by atoms with Crippen LogP contribution in [0.4, 0.5) is 4.79 Å². The van der Waals surface area contributed by atoms with Crippen molar-refractivity contribution in [2.75, 3.05) is 26.2 Å². The lowest BCUT2D eigenvalue weighted by Gasteiger charge is -2.22. The van der Waals surface area contributed by atoms with E-state index in [1.165, 1.54) is 0 Å². The van der Waals surface area contributed by atoms with E-state index in [-0.39, 0.29) is 37.9 Å². The number of carbonyl (C=O) groups excluding carboxylic acids is 2. The first-order chi connectivity index (χ1) is 15.5. The Morgan fingerprint density at radius 3 is 2.94 bits per heavy atom. The molecule has 2 rings (SSSR count). The maximum Gasteiger partial charge on any atom is 0.407 e. The Hall–Kier alpha value is -2.86. The quantitative estimate of drug-likeness (QED) is 0.198. The Kier molecular flexibility index (Phi) is 11.3. The van der Waals surface area contributed by atoms with Gasteiger partial charge in [0.2, 0.25) is 5.91 Å². The van der Waals surface area contributed by atoms with Crippen LogP contribution < -0.4 is 26.6 Å². The van der Waals surface area contributed by atoms with Crippen LogP contribution in [0.3, 0.4) is 0 Å². The first-order valence-electron chi connectivity index (χ1n) is 11.0. The summed E-state index contributed by atoms with van der Waals surface area (Å²) in [5, 5.41) is 27.8. The van der Waals surface area contributed by atoms with Crippen LogP contribution in [0.15, 0.2) is 17.4 Å². The molecule has 0 bridgehead atoms. The molecule has 0 aromatic carbocycles. The Bertz CT molecular complexity index is 685. The standard InChI is InChI=1S/C20H34N6O6/c1-2-3-10-31-20(30)25-16(18(28)29)13-24-17(27)12-15-11-14(26-32-15)6-4-7-21-19-22-8-5-9-23-19/h5,8,15-16,19,21-23H,2-4,6-7,9-13H2,1H3,(H,24,27)(H,25,30)(H,28,29). The van der Waals surface area contributed by atoms with E-state index < -0.39 is 18.1 Å². The number of oxime groups is 1. The number of nitrogens with one attached hydrogen (secondary N) is 5. The molecule has 3 atom stereocenters. The van der Waals surface area contributed by atoms with E-state index >= 15 is 0 Å². The molecule has 0 radical (unpaired) electrons. The number of unbranched alkanes of at least 4 members (excludes halogenated alkanes) is 1. The van der Waals surface area contributed by atoms with E-state index in [2.05, 4.69) is 31.7 Å². The van der Waals surface area contributed by atoms with Crippen molar-refractivity contribution in [3.63, 3.8) is 0 Å². The molecule has 0 spiro atoms. The van der Waals surface area contributed by atoms with Crippen LogP contribution in [0.25, 0.3) is 0 Å². The van der Waals surface area contributed by atoms with Gasteiger partial charge in [-0.05, 0) is 32.0 Å². The fourth-order valence-corrected chi connectivity index (χ4v) is 3.07. The third kappa shape index (κ3) is 9.96. The van der Waals surface area contributed by atoms with Gasteiger partial charge in [-0.3, -0.25) is 15.4 Å². The Morgan fingerprint density at radius 1 is 1.38 bits per heavy atom. The molecule has 12 nitrogen and oxygen atoms in total. The number of nitrogens with zero attached hydrogens (tertiary/aromatic N) is 1. The van der Waals surface area contributed by atoms with Gasteiger partial charge in [0.1, 0.15) is 18.4 Å². The molecule has 12 heteroatoms. The lowest BCUT2D eigenvalue weighted by molar-refractivity contribution is -0.139. The van der Waals surface area contributed by atoms with Gasteiger partial charge in [-0.1, -0.05) is 24.6 Å². The number of ether oxygens (including phenoxy) is 1. The number of carboxylic acid groups (broad SMARTS) is 1. The minimum absolute atomic E-state index is 0.0560. The second kappa shape index (κ2) is 14.2. The van der Waals surface area contributed by atoms with E-state index in [1.54, 1.807) is 0 Å². The Labute approximate surface area is 187 Å². The van der Waals surface area contributed by atoms with E-state index in [9.17, 15) is 19.5 Å². The molecular weight excluding hydrogens is 420 g/mol. The number of aliphatic carboxylic acids is 1. The third-order valence-electron chi connectivity index (χ3n) is 4.84. The summed E-state index contributed by atoms with van der Waals surface area (Å²) >= 11 is 0. The van der Waals surface area contributed by atoms with Crippen LogP contribution in [0.5, 0.6) is 0 Å². The molecule has 2 heterocycles. The van der Waals surface area contributed by atoms with Crippen molar-refractivity contribution in [1.82, 2.24) is 26.6 Å². The summed E-state index contributed by atoms with van der Waals surface area (Å²) in [5.74, 6) is -1.63. The molecule has 0 aromatic rings. The molecule has 0 saturated carbocycles. The molecule has 0 aromatic heterocycles. The van der Waals surface area contributed by atoms with Crippen molar-refractivity contribution >= 4 is 23.7 Å². The van der Waals surface area contributed by atoms with Crippen molar-refractivity contribution in [3.8, 4) is 0 Å². The van der Waals surface area contributed by atoms with Gasteiger partial charge in [0.25, 0.3) is 0 Å². The number of rotatable bonds is 14. The van der Waals surface area contributed by atoms with Crippen LogP contribution in [0.2, 0.25) is 0 Å². The average Bonchev–Trinajstić information content (AvgIpc) is 3.22. The lowest BCUT2D eigenvalue weighted by atomic mass is 10.1. The first-order valence-corrected chi connectivity index (χ1v) is 11.0.